The second kappa shape index (κ2) is 6.89. The van der Waals surface area contributed by atoms with Gasteiger partial charge in [0.25, 0.3) is 0 Å². The fourth-order valence-corrected chi connectivity index (χ4v) is 4.52. The van der Waals surface area contributed by atoms with E-state index in [1.54, 1.807) is 0 Å². The van der Waals surface area contributed by atoms with Gasteiger partial charge in [-0.15, -0.1) is 0 Å². The van der Waals surface area contributed by atoms with Crippen LogP contribution in [0.4, 0.5) is 11.4 Å². The van der Waals surface area contributed by atoms with E-state index in [1.165, 1.54) is 0 Å². The first-order chi connectivity index (χ1) is 12.9. The van der Waals surface area contributed by atoms with Crippen LogP contribution in [-0.4, -0.2) is 28.7 Å². The minimum atomic E-state index is -0.373. The number of benzene rings is 2. The van der Waals surface area contributed by atoms with E-state index >= 15 is 0 Å². The standard InChI is InChI=1S/C21H22ClN3OS/c1-20(2)14-21(12-13-26-20)18(23-16-6-4-3-5-7-16)24-19(27)25(21)17-10-8-15(22)9-11-17/h3-11H,12-14H2,1-2H3,(H,23,24,27). The van der Waals surface area contributed by atoms with Gasteiger partial charge < -0.3 is 15.0 Å². The molecule has 27 heavy (non-hydrogen) atoms. The predicted octanol–water partition coefficient (Wildman–Crippen LogP) is 5.28. The maximum absolute atomic E-state index is 6.10. The van der Waals surface area contributed by atoms with Crippen LogP contribution in [0.5, 0.6) is 0 Å². The Balaban J connectivity index is 1.77. The van der Waals surface area contributed by atoms with Crippen molar-refractivity contribution in [2.75, 3.05) is 16.8 Å². The molecule has 2 aliphatic rings. The molecule has 0 saturated carbocycles. The van der Waals surface area contributed by atoms with Crippen molar-refractivity contribution in [1.82, 2.24) is 0 Å². The predicted molar refractivity (Wildman–Crippen MR) is 116 cm³/mol. The Morgan fingerprint density at radius 3 is 2.48 bits per heavy atom. The highest BCUT2D eigenvalue weighted by Crippen LogP contribution is 2.43. The molecule has 1 N–H and O–H groups in total. The molecular formula is C21H22ClN3OS. The maximum atomic E-state index is 6.10. The molecule has 4 rings (SSSR count). The van der Waals surface area contributed by atoms with E-state index in [2.05, 4.69) is 24.1 Å². The van der Waals surface area contributed by atoms with Gasteiger partial charge in [-0.3, -0.25) is 0 Å². The molecule has 0 amide bonds. The van der Waals surface area contributed by atoms with Crippen molar-refractivity contribution in [1.29, 1.82) is 0 Å². The third-order valence-electron chi connectivity index (χ3n) is 5.12. The van der Waals surface area contributed by atoms with Crippen LogP contribution in [0.15, 0.2) is 59.6 Å². The van der Waals surface area contributed by atoms with E-state index in [4.69, 9.17) is 33.5 Å². The van der Waals surface area contributed by atoms with Crippen LogP contribution in [0.25, 0.3) is 0 Å². The molecule has 2 aromatic rings. The molecule has 6 heteroatoms. The lowest BCUT2D eigenvalue weighted by Gasteiger charge is -2.48. The van der Waals surface area contributed by atoms with Gasteiger partial charge in [-0.1, -0.05) is 29.8 Å². The molecule has 2 aliphatic heterocycles. The lowest BCUT2D eigenvalue weighted by Crippen LogP contribution is -2.60. The van der Waals surface area contributed by atoms with E-state index in [-0.39, 0.29) is 11.1 Å². The highest BCUT2D eigenvalue weighted by molar-refractivity contribution is 7.80. The van der Waals surface area contributed by atoms with Gasteiger partial charge in [-0.05, 0) is 62.5 Å². The zero-order valence-electron chi connectivity index (χ0n) is 15.4. The average molecular weight is 400 g/mol. The van der Waals surface area contributed by atoms with Crippen molar-refractivity contribution in [3.05, 3.63) is 59.6 Å². The Hall–Kier alpha value is -1.95. The largest absolute Gasteiger partial charge is 0.375 e. The second-order valence-electron chi connectivity index (χ2n) is 7.61. The molecule has 0 aromatic heterocycles. The summed E-state index contributed by atoms with van der Waals surface area (Å²) >= 11 is 11.8. The number of hydrogen-bond donors (Lipinski definition) is 1. The molecule has 1 spiro atoms. The van der Waals surface area contributed by atoms with E-state index in [0.717, 1.165) is 30.1 Å². The highest BCUT2D eigenvalue weighted by atomic mass is 35.5. The molecule has 4 nitrogen and oxygen atoms in total. The van der Waals surface area contributed by atoms with Gasteiger partial charge in [-0.25, -0.2) is 4.99 Å². The molecule has 2 aromatic carbocycles. The number of aliphatic imine (C=N–C) groups is 1. The van der Waals surface area contributed by atoms with Crippen LogP contribution in [0.3, 0.4) is 0 Å². The summed E-state index contributed by atoms with van der Waals surface area (Å²) in [4.78, 5) is 6.94. The number of thiocarbonyl (C=S) groups is 1. The summed E-state index contributed by atoms with van der Waals surface area (Å²) in [5, 5.41) is 4.79. The van der Waals surface area contributed by atoms with Gasteiger partial charge in [0.15, 0.2) is 0 Å². The van der Waals surface area contributed by atoms with Crippen LogP contribution in [0.1, 0.15) is 26.7 Å². The molecule has 1 saturated heterocycles. The van der Waals surface area contributed by atoms with Gasteiger partial charge in [0.2, 0.25) is 5.11 Å². The summed E-state index contributed by atoms with van der Waals surface area (Å²) in [6, 6.07) is 17.9. The van der Waals surface area contributed by atoms with Crippen LogP contribution < -0.4 is 10.2 Å². The summed E-state index contributed by atoms with van der Waals surface area (Å²) in [6.45, 7) is 4.89. The first-order valence-corrected chi connectivity index (χ1v) is 9.83. The lowest BCUT2D eigenvalue weighted by atomic mass is 9.79. The van der Waals surface area contributed by atoms with Gasteiger partial charge in [0.05, 0.1) is 5.60 Å². The second-order valence-corrected chi connectivity index (χ2v) is 8.41. The number of ether oxygens (including phenoxy) is 1. The van der Waals surface area contributed by atoms with Crippen LogP contribution >= 0.6 is 23.8 Å². The molecule has 1 fully saturated rings. The summed E-state index contributed by atoms with van der Waals surface area (Å²) in [7, 11) is 0. The van der Waals surface area contributed by atoms with E-state index < -0.39 is 0 Å². The number of nitrogens with one attached hydrogen (secondary N) is 1. The van der Waals surface area contributed by atoms with Gasteiger partial charge in [0.1, 0.15) is 11.4 Å². The topological polar surface area (TPSA) is 36.9 Å². The van der Waals surface area contributed by atoms with E-state index in [9.17, 15) is 0 Å². The van der Waals surface area contributed by atoms with Crippen molar-refractivity contribution in [3.63, 3.8) is 0 Å². The molecule has 0 aliphatic carbocycles. The first-order valence-electron chi connectivity index (χ1n) is 9.05. The molecule has 0 bridgehead atoms. The fourth-order valence-electron chi connectivity index (χ4n) is 4.02. The van der Waals surface area contributed by atoms with Crippen molar-refractivity contribution in [2.45, 2.75) is 37.8 Å². The van der Waals surface area contributed by atoms with E-state index in [0.29, 0.717) is 16.7 Å². The Labute approximate surface area is 170 Å². The van der Waals surface area contributed by atoms with Crippen molar-refractivity contribution >= 4 is 46.1 Å². The summed E-state index contributed by atoms with van der Waals surface area (Å²) in [5.41, 5.74) is 1.35. The Kier molecular flexibility index (Phi) is 4.70. The smallest absolute Gasteiger partial charge is 0.202 e. The molecule has 140 valence electrons. The first kappa shape index (κ1) is 18.4. The third-order valence-corrected chi connectivity index (χ3v) is 5.64. The number of hydrogen-bond acceptors (Lipinski definition) is 3. The van der Waals surface area contributed by atoms with Crippen molar-refractivity contribution in [2.24, 2.45) is 4.99 Å². The Bertz CT molecular complexity index is 882. The van der Waals surface area contributed by atoms with Crippen molar-refractivity contribution < 1.29 is 4.74 Å². The molecule has 1 unspecified atom stereocenters. The third kappa shape index (κ3) is 3.47. The van der Waals surface area contributed by atoms with Crippen LogP contribution in [0, 0.1) is 0 Å². The number of para-hydroxylation sites is 1. The minimum absolute atomic E-state index is 0.276. The normalized spacial score (nSPS) is 24.2. The Morgan fingerprint density at radius 2 is 1.81 bits per heavy atom. The zero-order chi connectivity index (χ0) is 19.1. The van der Waals surface area contributed by atoms with Crippen LogP contribution in [-0.2, 0) is 4.74 Å². The molecule has 0 radical (unpaired) electrons. The zero-order valence-corrected chi connectivity index (χ0v) is 17.0. The van der Waals surface area contributed by atoms with Crippen LogP contribution in [0.2, 0.25) is 5.02 Å². The molecule has 2 heterocycles. The van der Waals surface area contributed by atoms with Gasteiger partial charge in [0, 0.05) is 35.8 Å². The summed E-state index contributed by atoms with van der Waals surface area (Å²) in [6.07, 6.45) is 1.58. The SMILES string of the molecule is CC1(C)CC2(CCO1)C(Nc1ccccc1)=NC(=S)N2c1ccc(Cl)cc1. The number of rotatable bonds is 2. The number of amidine groups is 1. The minimum Gasteiger partial charge on any atom is -0.375 e. The fraction of sp³-hybridized carbons (Fsp3) is 0.333. The molecular weight excluding hydrogens is 378 g/mol. The number of anilines is 2. The van der Waals surface area contributed by atoms with Gasteiger partial charge >= 0.3 is 0 Å². The quantitative estimate of drug-likeness (QED) is 0.697. The molecule has 1 atom stereocenters. The highest BCUT2D eigenvalue weighted by Gasteiger charge is 2.53. The average Bonchev–Trinajstić information content (AvgIpc) is 2.86. The van der Waals surface area contributed by atoms with E-state index in [1.807, 2.05) is 54.6 Å². The number of halogens is 1. The lowest BCUT2D eigenvalue weighted by molar-refractivity contribution is -0.0661. The maximum Gasteiger partial charge on any atom is 0.202 e. The number of nitrogens with zero attached hydrogens (tertiary/aromatic N) is 2. The summed E-state index contributed by atoms with van der Waals surface area (Å²) < 4.78 is 6.02. The monoisotopic (exact) mass is 399 g/mol. The Morgan fingerprint density at radius 1 is 1.11 bits per heavy atom. The van der Waals surface area contributed by atoms with Crippen molar-refractivity contribution in [3.8, 4) is 0 Å². The van der Waals surface area contributed by atoms with Gasteiger partial charge in [-0.2, -0.15) is 0 Å². The summed E-state index contributed by atoms with van der Waals surface area (Å²) in [5.74, 6) is 0.880.